The van der Waals surface area contributed by atoms with Gasteiger partial charge in [-0.3, -0.25) is 4.79 Å². The van der Waals surface area contributed by atoms with Crippen LogP contribution in [0.15, 0.2) is 23.9 Å². The third-order valence-corrected chi connectivity index (χ3v) is 2.25. The van der Waals surface area contributed by atoms with Gasteiger partial charge in [-0.1, -0.05) is 0 Å². The molecule has 0 aliphatic rings. The zero-order chi connectivity index (χ0) is 14.4. The lowest BCUT2D eigenvalue weighted by Crippen LogP contribution is -1.98. The van der Waals surface area contributed by atoms with Crippen molar-refractivity contribution in [1.82, 2.24) is 0 Å². The minimum absolute atomic E-state index is 0.0341. The Labute approximate surface area is 109 Å². The predicted octanol–water partition coefficient (Wildman–Crippen LogP) is 1.81. The molecule has 92 valence electrons. The molecule has 0 aliphatic heterocycles. The van der Waals surface area contributed by atoms with Crippen LogP contribution in [-0.4, -0.2) is 10.9 Å². The van der Waals surface area contributed by atoms with E-state index in [-0.39, 0.29) is 33.9 Å². The molecule has 0 spiro atoms. The second-order valence-corrected chi connectivity index (χ2v) is 3.51. The van der Waals surface area contributed by atoms with Crippen LogP contribution in [0.3, 0.4) is 0 Å². The van der Waals surface area contributed by atoms with E-state index in [0.29, 0.717) is 0 Å². The fraction of sp³-hybridized carbons (Fsp3) is 0.0769. The molecule has 0 atom stereocenters. The third-order valence-electron chi connectivity index (χ3n) is 2.25. The molecule has 0 radical (unpaired) electrons. The van der Waals surface area contributed by atoms with Crippen molar-refractivity contribution in [3.8, 4) is 24.0 Å². The molecule has 0 saturated carbocycles. The molecule has 0 fully saturated rings. The van der Waals surface area contributed by atoms with E-state index in [1.165, 1.54) is 19.1 Å². The van der Waals surface area contributed by atoms with E-state index in [1.54, 1.807) is 12.1 Å². The molecule has 0 bridgehead atoms. The Morgan fingerprint density at radius 3 is 2.42 bits per heavy atom. The maximum atomic E-state index is 11.2. The van der Waals surface area contributed by atoms with Gasteiger partial charge < -0.3 is 10.4 Å². The molecule has 1 rings (SSSR count). The first-order valence-corrected chi connectivity index (χ1v) is 5.08. The highest BCUT2D eigenvalue weighted by Gasteiger charge is 2.12. The van der Waals surface area contributed by atoms with Crippen LogP contribution in [0.5, 0.6) is 5.75 Å². The summed E-state index contributed by atoms with van der Waals surface area (Å²) in [5, 5.41) is 38.3. The molecule has 0 saturated heterocycles. The van der Waals surface area contributed by atoms with Crippen LogP contribution in [0.25, 0.3) is 0 Å². The molecule has 19 heavy (non-hydrogen) atoms. The lowest BCUT2D eigenvalue weighted by atomic mass is 10.1. The molecule has 0 heterocycles. The van der Waals surface area contributed by atoms with E-state index in [1.807, 2.05) is 6.07 Å². The lowest BCUT2D eigenvalue weighted by molar-refractivity contribution is 0.101. The summed E-state index contributed by atoms with van der Waals surface area (Å²) >= 11 is 0. The number of nitriles is 3. The van der Waals surface area contributed by atoms with Crippen LogP contribution in [0.1, 0.15) is 22.8 Å². The van der Waals surface area contributed by atoms with Crippen LogP contribution in [-0.2, 0) is 0 Å². The highest BCUT2D eigenvalue weighted by atomic mass is 16.3. The van der Waals surface area contributed by atoms with Crippen LogP contribution < -0.4 is 5.32 Å². The average molecular weight is 252 g/mol. The maximum absolute atomic E-state index is 11.2. The molecule has 0 unspecified atom stereocenters. The quantitative estimate of drug-likeness (QED) is 0.625. The molecule has 6 heteroatoms. The number of hydrogen-bond donors (Lipinski definition) is 2. The molecule has 2 N–H and O–H groups in total. The number of ketones is 1. The van der Waals surface area contributed by atoms with Gasteiger partial charge in [-0.2, -0.15) is 15.8 Å². The minimum atomic E-state index is -0.370. The normalized spacial score (nSPS) is 8.53. The Morgan fingerprint density at radius 1 is 1.32 bits per heavy atom. The number of Topliss-reactive ketones (excluding diaryl/α,β-unsaturated/α-hetero) is 1. The summed E-state index contributed by atoms with van der Waals surface area (Å²) in [6, 6.07) is 7.58. The molecule has 1 aromatic rings. The number of anilines is 1. The molecule has 0 aliphatic carbocycles. The van der Waals surface area contributed by atoms with Crippen molar-refractivity contribution < 1.29 is 9.90 Å². The van der Waals surface area contributed by atoms with Crippen molar-refractivity contribution in [3.63, 3.8) is 0 Å². The van der Waals surface area contributed by atoms with Crippen molar-refractivity contribution in [1.29, 1.82) is 15.8 Å². The number of benzene rings is 1. The van der Waals surface area contributed by atoms with Gasteiger partial charge in [0.25, 0.3) is 0 Å². The Balaban J connectivity index is 3.25. The summed E-state index contributed by atoms with van der Waals surface area (Å²) in [5.74, 6) is -0.649. The average Bonchev–Trinajstić information content (AvgIpc) is 2.39. The second kappa shape index (κ2) is 5.86. The number of hydrogen-bond acceptors (Lipinski definition) is 6. The Bertz CT molecular complexity index is 668. The first-order chi connectivity index (χ1) is 9.03. The second-order valence-electron chi connectivity index (χ2n) is 3.51. The summed E-state index contributed by atoms with van der Waals surface area (Å²) < 4.78 is 0. The maximum Gasteiger partial charge on any atom is 0.163 e. The smallest absolute Gasteiger partial charge is 0.163 e. The van der Waals surface area contributed by atoms with Gasteiger partial charge in [0, 0.05) is 12.3 Å². The largest absolute Gasteiger partial charge is 0.507 e. The fourth-order valence-electron chi connectivity index (χ4n) is 1.32. The van der Waals surface area contributed by atoms with E-state index in [0.717, 1.165) is 6.20 Å². The summed E-state index contributed by atoms with van der Waals surface area (Å²) in [7, 11) is 0. The van der Waals surface area contributed by atoms with Crippen LogP contribution in [0.4, 0.5) is 5.69 Å². The Kier molecular flexibility index (Phi) is 4.24. The fourth-order valence-corrected chi connectivity index (χ4v) is 1.32. The first kappa shape index (κ1) is 13.8. The first-order valence-electron chi connectivity index (χ1n) is 5.08. The van der Waals surface area contributed by atoms with Gasteiger partial charge in [0.1, 0.15) is 29.5 Å². The third kappa shape index (κ3) is 3.09. The number of aromatic hydroxyl groups is 1. The van der Waals surface area contributed by atoms with E-state index in [4.69, 9.17) is 15.8 Å². The Morgan fingerprint density at radius 2 is 1.95 bits per heavy atom. The Hall–Kier alpha value is -3.30. The summed E-state index contributed by atoms with van der Waals surface area (Å²) in [6.45, 7) is 1.27. The SMILES string of the molecule is CC(=O)c1cc(C#N)c(NC=C(C#N)C#N)cc1O. The van der Waals surface area contributed by atoms with Crippen molar-refractivity contribution in [2.24, 2.45) is 0 Å². The number of carbonyl (C=O) groups is 1. The minimum Gasteiger partial charge on any atom is -0.507 e. The van der Waals surface area contributed by atoms with Crippen LogP contribution in [0, 0.1) is 34.0 Å². The number of rotatable bonds is 3. The number of carbonyl (C=O) groups excluding carboxylic acids is 1. The summed E-state index contributed by atoms with van der Waals surface area (Å²) in [6.07, 6.45) is 1.11. The van der Waals surface area contributed by atoms with Crippen molar-refractivity contribution in [3.05, 3.63) is 35.0 Å². The molecular weight excluding hydrogens is 244 g/mol. The van der Waals surface area contributed by atoms with Crippen LogP contribution >= 0.6 is 0 Å². The summed E-state index contributed by atoms with van der Waals surface area (Å²) in [5.41, 5.74) is 0.174. The van der Waals surface area contributed by atoms with Gasteiger partial charge in [-0.05, 0) is 13.0 Å². The summed E-state index contributed by atoms with van der Waals surface area (Å²) in [4.78, 5) is 11.2. The highest BCUT2D eigenvalue weighted by Crippen LogP contribution is 2.26. The topological polar surface area (TPSA) is 121 Å². The van der Waals surface area contributed by atoms with E-state index < -0.39 is 0 Å². The van der Waals surface area contributed by atoms with Gasteiger partial charge in [0.05, 0.1) is 16.8 Å². The van der Waals surface area contributed by atoms with Gasteiger partial charge in [-0.25, -0.2) is 0 Å². The lowest BCUT2D eigenvalue weighted by Gasteiger charge is -2.07. The van der Waals surface area contributed by atoms with Crippen LogP contribution in [0.2, 0.25) is 0 Å². The monoisotopic (exact) mass is 252 g/mol. The van der Waals surface area contributed by atoms with Crippen molar-refractivity contribution >= 4 is 11.5 Å². The molecule has 0 amide bonds. The molecule has 0 aromatic heterocycles. The number of nitrogens with one attached hydrogen (secondary N) is 1. The number of allylic oxidation sites excluding steroid dienone is 1. The van der Waals surface area contributed by atoms with E-state index >= 15 is 0 Å². The molecule has 1 aromatic carbocycles. The highest BCUT2D eigenvalue weighted by molar-refractivity contribution is 5.98. The van der Waals surface area contributed by atoms with Gasteiger partial charge in [0.2, 0.25) is 0 Å². The number of phenolic OH excluding ortho intramolecular Hbond substituents is 1. The van der Waals surface area contributed by atoms with E-state index in [9.17, 15) is 9.90 Å². The number of phenols is 1. The van der Waals surface area contributed by atoms with Crippen molar-refractivity contribution in [2.75, 3.05) is 5.32 Å². The predicted molar refractivity (Wildman–Crippen MR) is 65.8 cm³/mol. The standard InChI is InChI=1S/C13H8N4O2/c1-8(18)11-2-10(6-16)12(3-13(11)19)17-7-9(4-14)5-15/h2-3,7,17,19H,1H3. The van der Waals surface area contributed by atoms with E-state index in [2.05, 4.69) is 5.32 Å². The van der Waals surface area contributed by atoms with Gasteiger partial charge in [-0.15, -0.1) is 0 Å². The molecular formula is C13H8N4O2. The van der Waals surface area contributed by atoms with Gasteiger partial charge in [0.15, 0.2) is 5.78 Å². The number of nitrogens with zero attached hydrogens (tertiary/aromatic N) is 3. The molecule has 6 nitrogen and oxygen atoms in total. The zero-order valence-electron chi connectivity index (χ0n) is 9.93. The van der Waals surface area contributed by atoms with Crippen molar-refractivity contribution in [2.45, 2.75) is 6.92 Å². The van der Waals surface area contributed by atoms with Gasteiger partial charge >= 0.3 is 0 Å². The zero-order valence-corrected chi connectivity index (χ0v) is 9.93.